The predicted octanol–water partition coefficient (Wildman–Crippen LogP) is 2.51. The number of Topliss-reactive ketones (excluding diaryl/α,β-unsaturated/α-hetero) is 1. The van der Waals surface area contributed by atoms with Crippen LogP contribution in [0.1, 0.15) is 38.3 Å². The molecule has 0 aliphatic carbocycles. The number of carbonyl (C=O) groups is 3. The zero-order valence-corrected chi connectivity index (χ0v) is 17.5. The molecule has 12 nitrogen and oxygen atoms in total. The van der Waals surface area contributed by atoms with Gasteiger partial charge in [-0.2, -0.15) is 0 Å². The lowest BCUT2D eigenvalue weighted by molar-refractivity contribution is -0.386. The first-order chi connectivity index (χ1) is 15.8. The van der Waals surface area contributed by atoms with Crippen LogP contribution < -0.4 is 15.6 Å². The topological polar surface area (TPSA) is 163 Å². The highest BCUT2D eigenvalue weighted by Gasteiger charge is 2.21. The summed E-state index contributed by atoms with van der Waals surface area (Å²) < 4.78 is 15.0. The van der Waals surface area contributed by atoms with Gasteiger partial charge in [0.15, 0.2) is 18.3 Å². The van der Waals surface area contributed by atoms with E-state index in [0.29, 0.717) is 11.1 Å². The van der Waals surface area contributed by atoms with Gasteiger partial charge in [-0.05, 0) is 24.3 Å². The van der Waals surface area contributed by atoms with Crippen LogP contribution in [0.2, 0.25) is 0 Å². The number of aromatic nitrogens is 1. The van der Waals surface area contributed by atoms with Crippen molar-refractivity contribution in [2.24, 2.45) is 0 Å². The van der Waals surface area contributed by atoms with Crippen LogP contribution in [0, 0.1) is 10.1 Å². The maximum atomic E-state index is 12.5. The number of pyridine rings is 1. The third-order valence-corrected chi connectivity index (χ3v) is 4.35. The molecular weight excluding hydrogens is 436 g/mol. The Labute approximate surface area is 186 Å². The van der Waals surface area contributed by atoms with Gasteiger partial charge in [0.25, 0.3) is 5.91 Å². The molecule has 170 valence electrons. The fourth-order valence-electron chi connectivity index (χ4n) is 2.76. The molecule has 2 aromatic heterocycles. The van der Waals surface area contributed by atoms with Gasteiger partial charge in [0.05, 0.1) is 11.2 Å². The van der Waals surface area contributed by atoms with E-state index in [-0.39, 0.29) is 35.3 Å². The summed E-state index contributed by atoms with van der Waals surface area (Å²) in [5.74, 6) is -1.96. The van der Waals surface area contributed by atoms with Crippen molar-refractivity contribution in [2.45, 2.75) is 6.92 Å². The van der Waals surface area contributed by atoms with Gasteiger partial charge in [0.2, 0.25) is 5.76 Å². The van der Waals surface area contributed by atoms with E-state index in [1.54, 1.807) is 6.07 Å². The Bertz CT molecular complexity index is 1200. The number of nitrogens with zero attached hydrogens (tertiary/aromatic N) is 2. The van der Waals surface area contributed by atoms with Crippen molar-refractivity contribution in [1.29, 1.82) is 0 Å². The lowest BCUT2D eigenvalue weighted by Crippen LogP contribution is -2.41. The number of nitro groups is 1. The number of hydrogen-bond donors (Lipinski definition) is 2. The number of benzene rings is 1. The van der Waals surface area contributed by atoms with Gasteiger partial charge in [0, 0.05) is 43.0 Å². The highest BCUT2D eigenvalue weighted by atomic mass is 16.7. The number of ketones is 1. The van der Waals surface area contributed by atoms with Crippen LogP contribution in [0.5, 0.6) is 5.75 Å². The molecule has 0 aliphatic heterocycles. The molecule has 0 saturated heterocycles. The Balaban J connectivity index is 1.71. The molecule has 2 N–H and O–H groups in total. The number of furan rings is 1. The number of hydrazine groups is 1. The Morgan fingerprint density at radius 3 is 2.52 bits per heavy atom. The van der Waals surface area contributed by atoms with Crippen molar-refractivity contribution in [3.8, 4) is 16.9 Å². The largest absolute Gasteiger partial charge is 0.460 e. The molecule has 3 rings (SSSR count). The molecule has 1 aromatic carbocycles. The first-order valence-corrected chi connectivity index (χ1v) is 9.37. The third kappa shape index (κ3) is 5.37. The minimum Gasteiger partial charge on any atom is -0.460 e. The normalized spacial score (nSPS) is 10.4. The maximum absolute atomic E-state index is 12.5. The third-order valence-electron chi connectivity index (χ3n) is 4.35. The Morgan fingerprint density at radius 1 is 1.12 bits per heavy atom. The second kappa shape index (κ2) is 10.2. The van der Waals surface area contributed by atoms with E-state index in [9.17, 15) is 24.5 Å². The summed E-state index contributed by atoms with van der Waals surface area (Å²) in [7, 11) is 1.36. The summed E-state index contributed by atoms with van der Waals surface area (Å²) in [6, 6.07) is 8.20. The number of nitro benzene ring substituents is 1. The summed E-state index contributed by atoms with van der Waals surface area (Å²) in [6.07, 6.45) is 2.70. The van der Waals surface area contributed by atoms with Gasteiger partial charge in [-0.1, -0.05) is 6.07 Å². The van der Waals surface area contributed by atoms with E-state index < -0.39 is 22.4 Å². The molecule has 0 saturated carbocycles. The lowest BCUT2D eigenvalue weighted by Gasteiger charge is -2.09. The van der Waals surface area contributed by atoms with Gasteiger partial charge in [-0.3, -0.25) is 40.3 Å². The highest BCUT2D eigenvalue weighted by Crippen LogP contribution is 2.28. The molecule has 33 heavy (non-hydrogen) atoms. The number of carbonyl (C=O) groups excluding carboxylic acids is 3. The van der Waals surface area contributed by atoms with E-state index in [1.807, 2.05) is 0 Å². The van der Waals surface area contributed by atoms with Crippen molar-refractivity contribution in [3.05, 3.63) is 76.0 Å². The number of amides is 2. The Hall–Kier alpha value is -4.58. The summed E-state index contributed by atoms with van der Waals surface area (Å²) in [6.45, 7) is 1.18. The average molecular weight is 454 g/mol. The molecule has 0 atom stereocenters. The van der Waals surface area contributed by atoms with Crippen molar-refractivity contribution in [3.63, 3.8) is 0 Å². The molecule has 3 aromatic rings. The molecule has 0 unspecified atom stereocenters. The van der Waals surface area contributed by atoms with E-state index in [4.69, 9.17) is 13.9 Å². The summed E-state index contributed by atoms with van der Waals surface area (Å²) in [4.78, 5) is 50.9. The van der Waals surface area contributed by atoms with E-state index in [2.05, 4.69) is 15.8 Å². The van der Waals surface area contributed by atoms with Crippen LogP contribution in [0.15, 0.2) is 53.3 Å². The number of methoxy groups -OCH3 is 1. The van der Waals surface area contributed by atoms with Gasteiger partial charge in [0.1, 0.15) is 5.69 Å². The molecule has 0 spiro atoms. The smallest absolute Gasteiger partial charge is 0.311 e. The molecule has 12 heteroatoms. The molecule has 2 amide bonds. The predicted molar refractivity (Wildman–Crippen MR) is 112 cm³/mol. The number of nitrogens with one attached hydrogen (secondary N) is 2. The van der Waals surface area contributed by atoms with Gasteiger partial charge in [-0.25, -0.2) is 0 Å². The SMILES string of the molecule is COCOc1ccc(C(=O)NNC(=O)c2occc2-c2ccc(C(C)=O)nc2)cc1[N+](=O)[O-]. The van der Waals surface area contributed by atoms with E-state index >= 15 is 0 Å². The fourth-order valence-corrected chi connectivity index (χ4v) is 2.76. The second-order valence-electron chi connectivity index (χ2n) is 6.55. The molecule has 0 aliphatic rings. The minimum atomic E-state index is -0.801. The molecular formula is C21H18N4O8. The van der Waals surface area contributed by atoms with E-state index in [1.165, 1.54) is 50.8 Å². The average Bonchev–Trinajstić information content (AvgIpc) is 3.31. The molecule has 0 radical (unpaired) electrons. The first-order valence-electron chi connectivity index (χ1n) is 9.37. The summed E-state index contributed by atoms with van der Waals surface area (Å²) in [5.41, 5.74) is 5.01. The quantitative estimate of drug-likeness (QED) is 0.225. The Morgan fingerprint density at radius 2 is 1.88 bits per heavy atom. The summed E-state index contributed by atoms with van der Waals surface area (Å²) in [5, 5.41) is 11.3. The molecule has 2 heterocycles. The maximum Gasteiger partial charge on any atom is 0.311 e. The van der Waals surface area contributed by atoms with Crippen molar-refractivity contribution >= 4 is 23.3 Å². The van der Waals surface area contributed by atoms with Crippen LogP contribution in [0.4, 0.5) is 5.69 Å². The first kappa shape index (κ1) is 23.1. The lowest BCUT2D eigenvalue weighted by atomic mass is 10.1. The Kier molecular flexibility index (Phi) is 7.10. The highest BCUT2D eigenvalue weighted by molar-refractivity contribution is 6.01. The van der Waals surface area contributed by atoms with E-state index in [0.717, 1.165) is 6.07 Å². The molecule has 0 bridgehead atoms. The zero-order valence-electron chi connectivity index (χ0n) is 17.5. The van der Waals surface area contributed by atoms with Crippen LogP contribution in [-0.4, -0.2) is 41.4 Å². The van der Waals surface area contributed by atoms with Crippen LogP contribution in [0.25, 0.3) is 11.1 Å². The monoisotopic (exact) mass is 454 g/mol. The zero-order chi connectivity index (χ0) is 24.0. The number of ether oxygens (including phenoxy) is 2. The van der Waals surface area contributed by atoms with Crippen LogP contribution in [0.3, 0.4) is 0 Å². The van der Waals surface area contributed by atoms with Crippen molar-refractivity contribution in [2.75, 3.05) is 13.9 Å². The minimum absolute atomic E-state index is 0.0768. The summed E-state index contributed by atoms with van der Waals surface area (Å²) >= 11 is 0. The van der Waals surface area contributed by atoms with Gasteiger partial charge in [-0.15, -0.1) is 0 Å². The number of hydrogen-bond acceptors (Lipinski definition) is 9. The van der Waals surface area contributed by atoms with Crippen LogP contribution in [-0.2, 0) is 4.74 Å². The van der Waals surface area contributed by atoms with Crippen molar-refractivity contribution in [1.82, 2.24) is 15.8 Å². The fraction of sp³-hybridized carbons (Fsp3) is 0.143. The second-order valence-corrected chi connectivity index (χ2v) is 6.55. The number of rotatable bonds is 8. The van der Waals surface area contributed by atoms with Gasteiger partial charge >= 0.3 is 11.6 Å². The van der Waals surface area contributed by atoms with Crippen LogP contribution >= 0.6 is 0 Å². The standard InChI is InChI=1S/C21H18N4O8/c1-12(26)16-5-3-14(10-22-16)15-7-8-32-19(15)21(28)24-23-20(27)13-4-6-18(33-11-31-2)17(9-13)25(29)30/h3-10H,11H2,1-2H3,(H,23,27)(H,24,28). The van der Waals surface area contributed by atoms with Crippen molar-refractivity contribution < 1.29 is 33.2 Å². The molecule has 0 fully saturated rings. The van der Waals surface area contributed by atoms with Gasteiger partial charge < -0.3 is 13.9 Å².